The van der Waals surface area contributed by atoms with Gasteiger partial charge in [0.1, 0.15) is 0 Å². The number of carbonyl (C=O) groups excluding carboxylic acids is 1. The Hall–Kier alpha value is -2.55. The number of amides is 2. The summed E-state index contributed by atoms with van der Waals surface area (Å²) in [5, 5.41) is 7.81. The third-order valence-corrected chi connectivity index (χ3v) is 5.47. The van der Waals surface area contributed by atoms with Crippen LogP contribution in [0.2, 0.25) is 0 Å². The summed E-state index contributed by atoms with van der Waals surface area (Å²) >= 11 is 0. The predicted molar refractivity (Wildman–Crippen MR) is 105 cm³/mol. The molecule has 1 aliphatic rings. The SMILES string of the molecule is CCC1CCN(C(=O)Nc2cccc3cc4ccccc4cc23)CC1. The van der Waals surface area contributed by atoms with Crippen LogP contribution in [0.4, 0.5) is 10.5 Å². The average Bonchev–Trinajstić information content (AvgIpc) is 2.67. The van der Waals surface area contributed by atoms with Crippen molar-refractivity contribution in [1.82, 2.24) is 4.90 Å². The summed E-state index contributed by atoms with van der Waals surface area (Å²) in [6.07, 6.45) is 3.44. The van der Waals surface area contributed by atoms with Gasteiger partial charge in [0, 0.05) is 18.5 Å². The number of likely N-dealkylation sites (tertiary alicyclic amines) is 1. The maximum Gasteiger partial charge on any atom is 0.321 e. The van der Waals surface area contributed by atoms with Gasteiger partial charge in [0.15, 0.2) is 0 Å². The van der Waals surface area contributed by atoms with Crippen LogP contribution in [-0.4, -0.2) is 24.0 Å². The van der Waals surface area contributed by atoms with Crippen molar-refractivity contribution in [3.05, 3.63) is 54.6 Å². The van der Waals surface area contributed by atoms with Gasteiger partial charge in [-0.15, -0.1) is 0 Å². The minimum Gasteiger partial charge on any atom is -0.325 e. The summed E-state index contributed by atoms with van der Waals surface area (Å²) < 4.78 is 0. The lowest BCUT2D eigenvalue weighted by Gasteiger charge is -2.31. The van der Waals surface area contributed by atoms with Crippen LogP contribution in [0.1, 0.15) is 26.2 Å². The van der Waals surface area contributed by atoms with Crippen LogP contribution < -0.4 is 5.32 Å². The topological polar surface area (TPSA) is 32.3 Å². The number of benzene rings is 3. The number of hydrogen-bond donors (Lipinski definition) is 1. The summed E-state index contributed by atoms with van der Waals surface area (Å²) in [4.78, 5) is 14.6. The molecule has 0 aromatic heterocycles. The van der Waals surface area contributed by atoms with Crippen molar-refractivity contribution in [2.75, 3.05) is 18.4 Å². The highest BCUT2D eigenvalue weighted by molar-refractivity contribution is 6.07. The highest BCUT2D eigenvalue weighted by Gasteiger charge is 2.22. The Bertz CT molecular complexity index is 910. The third kappa shape index (κ3) is 3.19. The van der Waals surface area contributed by atoms with E-state index in [4.69, 9.17) is 0 Å². The van der Waals surface area contributed by atoms with Gasteiger partial charge in [0.2, 0.25) is 0 Å². The van der Waals surface area contributed by atoms with Crippen molar-refractivity contribution < 1.29 is 4.79 Å². The van der Waals surface area contributed by atoms with E-state index in [0.29, 0.717) is 0 Å². The zero-order valence-corrected chi connectivity index (χ0v) is 14.7. The molecule has 1 aliphatic heterocycles. The predicted octanol–water partition coefficient (Wildman–Crippen LogP) is 5.65. The first kappa shape index (κ1) is 15.9. The minimum atomic E-state index is 0.0233. The van der Waals surface area contributed by atoms with E-state index in [-0.39, 0.29) is 6.03 Å². The van der Waals surface area contributed by atoms with Gasteiger partial charge in [-0.1, -0.05) is 49.7 Å². The van der Waals surface area contributed by atoms with E-state index in [2.05, 4.69) is 48.6 Å². The number of rotatable bonds is 2. The monoisotopic (exact) mass is 332 g/mol. The van der Waals surface area contributed by atoms with Gasteiger partial charge in [0.05, 0.1) is 5.69 Å². The molecule has 0 atom stereocenters. The molecule has 0 saturated carbocycles. The second-order valence-electron chi connectivity index (χ2n) is 6.99. The molecule has 128 valence electrons. The van der Waals surface area contributed by atoms with Crippen LogP contribution in [0.15, 0.2) is 54.6 Å². The number of anilines is 1. The van der Waals surface area contributed by atoms with Crippen LogP contribution >= 0.6 is 0 Å². The zero-order chi connectivity index (χ0) is 17.2. The third-order valence-electron chi connectivity index (χ3n) is 5.47. The van der Waals surface area contributed by atoms with Crippen LogP contribution in [-0.2, 0) is 0 Å². The quantitative estimate of drug-likeness (QED) is 0.605. The maximum absolute atomic E-state index is 12.7. The van der Waals surface area contributed by atoms with E-state index in [1.54, 1.807) is 0 Å². The standard InChI is InChI=1S/C22H24N2O/c1-2-16-10-12-24(13-11-16)22(25)23-21-9-5-8-19-14-17-6-3-4-7-18(17)15-20(19)21/h3-9,14-16H,2,10-13H2,1H3,(H,23,25). The Morgan fingerprint density at radius 3 is 2.40 bits per heavy atom. The molecular formula is C22H24N2O. The molecule has 0 aliphatic carbocycles. The number of piperidine rings is 1. The fraction of sp³-hybridized carbons (Fsp3) is 0.318. The molecule has 3 aromatic rings. The molecule has 3 nitrogen and oxygen atoms in total. The van der Waals surface area contributed by atoms with E-state index in [1.165, 1.54) is 17.2 Å². The first-order chi connectivity index (χ1) is 12.2. The van der Waals surface area contributed by atoms with E-state index in [0.717, 1.165) is 48.3 Å². The van der Waals surface area contributed by atoms with Crippen LogP contribution in [0, 0.1) is 5.92 Å². The first-order valence-corrected chi connectivity index (χ1v) is 9.22. The van der Waals surface area contributed by atoms with Gasteiger partial charge >= 0.3 is 6.03 Å². The van der Waals surface area contributed by atoms with Crippen molar-refractivity contribution in [2.24, 2.45) is 5.92 Å². The minimum absolute atomic E-state index is 0.0233. The van der Waals surface area contributed by atoms with Crippen molar-refractivity contribution in [3.63, 3.8) is 0 Å². The summed E-state index contributed by atoms with van der Waals surface area (Å²) in [5.74, 6) is 0.771. The van der Waals surface area contributed by atoms with Gasteiger partial charge in [-0.3, -0.25) is 0 Å². The fourth-order valence-corrected chi connectivity index (χ4v) is 3.81. The Labute approximate surface area is 148 Å². The largest absolute Gasteiger partial charge is 0.325 e. The summed E-state index contributed by atoms with van der Waals surface area (Å²) in [7, 11) is 0. The van der Waals surface area contributed by atoms with Crippen molar-refractivity contribution >= 4 is 33.3 Å². The molecule has 1 fully saturated rings. The molecule has 0 radical (unpaired) electrons. The van der Waals surface area contributed by atoms with E-state index in [1.807, 2.05) is 23.1 Å². The lowest BCUT2D eigenvalue weighted by molar-refractivity contribution is 0.181. The molecule has 0 bridgehead atoms. The highest BCUT2D eigenvalue weighted by atomic mass is 16.2. The molecule has 0 unspecified atom stereocenters. The number of nitrogens with one attached hydrogen (secondary N) is 1. The average molecular weight is 332 g/mol. The molecule has 3 aromatic carbocycles. The van der Waals surface area contributed by atoms with Crippen LogP contribution in [0.25, 0.3) is 21.5 Å². The van der Waals surface area contributed by atoms with Gasteiger partial charge in [0.25, 0.3) is 0 Å². The second kappa shape index (κ2) is 6.75. The number of fused-ring (bicyclic) bond motifs is 2. The first-order valence-electron chi connectivity index (χ1n) is 9.22. The summed E-state index contributed by atoms with van der Waals surface area (Å²) in [6.45, 7) is 3.96. The van der Waals surface area contributed by atoms with Gasteiger partial charge in [-0.2, -0.15) is 0 Å². The van der Waals surface area contributed by atoms with Crippen LogP contribution in [0.5, 0.6) is 0 Å². The van der Waals surface area contributed by atoms with Gasteiger partial charge in [-0.05, 0) is 53.1 Å². The zero-order valence-electron chi connectivity index (χ0n) is 14.7. The molecule has 25 heavy (non-hydrogen) atoms. The van der Waals surface area contributed by atoms with Gasteiger partial charge < -0.3 is 10.2 Å². The summed E-state index contributed by atoms with van der Waals surface area (Å²) in [6, 6.07) is 18.8. The normalized spacial score (nSPS) is 15.6. The Morgan fingerprint density at radius 1 is 1.00 bits per heavy atom. The highest BCUT2D eigenvalue weighted by Crippen LogP contribution is 2.29. The van der Waals surface area contributed by atoms with E-state index >= 15 is 0 Å². The van der Waals surface area contributed by atoms with Gasteiger partial charge in [-0.25, -0.2) is 4.79 Å². The molecule has 4 rings (SSSR count). The number of hydrogen-bond acceptors (Lipinski definition) is 1. The van der Waals surface area contributed by atoms with Crippen molar-refractivity contribution in [3.8, 4) is 0 Å². The smallest absolute Gasteiger partial charge is 0.321 e. The lowest BCUT2D eigenvalue weighted by atomic mass is 9.95. The maximum atomic E-state index is 12.7. The Morgan fingerprint density at radius 2 is 1.68 bits per heavy atom. The van der Waals surface area contributed by atoms with Crippen molar-refractivity contribution in [2.45, 2.75) is 26.2 Å². The molecule has 1 saturated heterocycles. The molecule has 2 amide bonds. The van der Waals surface area contributed by atoms with E-state index in [9.17, 15) is 4.79 Å². The molecule has 1 heterocycles. The van der Waals surface area contributed by atoms with Crippen LogP contribution in [0.3, 0.4) is 0 Å². The molecule has 0 spiro atoms. The lowest BCUT2D eigenvalue weighted by Crippen LogP contribution is -2.40. The number of nitrogens with zero attached hydrogens (tertiary/aromatic N) is 1. The molecular weight excluding hydrogens is 308 g/mol. The molecule has 3 heteroatoms. The number of urea groups is 1. The van der Waals surface area contributed by atoms with E-state index < -0.39 is 0 Å². The fourth-order valence-electron chi connectivity index (χ4n) is 3.81. The second-order valence-corrected chi connectivity index (χ2v) is 6.99. The molecule has 1 N–H and O–H groups in total. The Balaban J connectivity index is 1.61. The van der Waals surface area contributed by atoms with Crippen molar-refractivity contribution in [1.29, 1.82) is 0 Å². The Kier molecular flexibility index (Phi) is 4.31. The summed E-state index contributed by atoms with van der Waals surface area (Å²) in [5.41, 5.74) is 0.894. The number of carbonyl (C=O) groups is 1.